The molecule has 0 aliphatic rings. The topological polar surface area (TPSA) is 30.5 Å². The number of hydrogen-bond acceptors (Lipinski definition) is 3. The van der Waals surface area contributed by atoms with Gasteiger partial charge in [0.2, 0.25) is 0 Å². The van der Waals surface area contributed by atoms with Crippen LogP contribution in [0.2, 0.25) is 0 Å². The van der Waals surface area contributed by atoms with Crippen molar-refractivity contribution in [1.29, 1.82) is 0 Å². The lowest BCUT2D eigenvalue weighted by atomic mass is 10.1. The maximum absolute atomic E-state index is 14.1. The molecule has 0 aliphatic carbocycles. The average Bonchev–Trinajstić information content (AvgIpc) is 2.49. The van der Waals surface area contributed by atoms with Crippen molar-refractivity contribution in [3.8, 4) is 17.2 Å². The Kier molecular flexibility index (Phi) is 5.17. The molecule has 2 rings (SSSR count). The predicted molar refractivity (Wildman–Crippen MR) is 81.6 cm³/mol. The van der Waals surface area contributed by atoms with Crippen LogP contribution < -0.4 is 14.8 Å². The predicted octanol–water partition coefficient (Wildman–Crippen LogP) is 4.30. The number of benzene rings is 2. The number of rotatable bonds is 6. The summed E-state index contributed by atoms with van der Waals surface area (Å²) in [5.41, 5.74) is 0.777. The summed E-state index contributed by atoms with van der Waals surface area (Å²) >= 11 is 0. The molecule has 4 heteroatoms. The largest absolute Gasteiger partial charge is 0.494 e. The molecule has 0 bridgehead atoms. The molecule has 1 atom stereocenters. The second-order valence-electron chi connectivity index (χ2n) is 4.68. The Balaban J connectivity index is 2.32. The third-order valence-electron chi connectivity index (χ3n) is 3.23. The van der Waals surface area contributed by atoms with Gasteiger partial charge < -0.3 is 14.8 Å². The molecule has 0 aromatic heterocycles. The van der Waals surface area contributed by atoms with Gasteiger partial charge in [-0.15, -0.1) is 0 Å². The highest BCUT2D eigenvalue weighted by Crippen LogP contribution is 2.33. The molecule has 0 heterocycles. The summed E-state index contributed by atoms with van der Waals surface area (Å²) in [4.78, 5) is 0. The molecule has 0 amide bonds. The highest BCUT2D eigenvalue weighted by Gasteiger charge is 2.15. The van der Waals surface area contributed by atoms with E-state index in [1.807, 2.05) is 39.1 Å². The zero-order chi connectivity index (χ0) is 15.2. The Morgan fingerprint density at radius 1 is 1.14 bits per heavy atom. The Bertz CT molecular complexity index is 601. The van der Waals surface area contributed by atoms with E-state index in [-0.39, 0.29) is 17.6 Å². The van der Waals surface area contributed by atoms with E-state index in [1.165, 1.54) is 6.07 Å². The number of nitrogens with one attached hydrogen (secondary N) is 1. The van der Waals surface area contributed by atoms with Gasteiger partial charge in [0.1, 0.15) is 11.5 Å². The van der Waals surface area contributed by atoms with Crippen LogP contribution in [0.1, 0.15) is 25.5 Å². The van der Waals surface area contributed by atoms with E-state index in [1.54, 1.807) is 18.2 Å². The molecule has 0 saturated heterocycles. The van der Waals surface area contributed by atoms with Crippen LogP contribution >= 0.6 is 0 Å². The minimum atomic E-state index is -0.378. The standard InChI is InChI=1S/C17H20FNO2/c1-4-20-13-7-5-8-14(11-13)21-17-15(12(2)19-3)9-6-10-16(17)18/h5-12,19H,4H2,1-3H3. The van der Waals surface area contributed by atoms with Gasteiger partial charge in [0.25, 0.3) is 0 Å². The van der Waals surface area contributed by atoms with Crippen molar-refractivity contribution in [3.05, 3.63) is 53.8 Å². The van der Waals surface area contributed by atoms with Crippen LogP contribution in [-0.4, -0.2) is 13.7 Å². The molecule has 112 valence electrons. The SMILES string of the molecule is CCOc1cccc(Oc2c(F)cccc2C(C)NC)c1. The summed E-state index contributed by atoms with van der Waals surface area (Å²) in [5.74, 6) is 1.12. The van der Waals surface area contributed by atoms with Crippen molar-refractivity contribution in [2.45, 2.75) is 19.9 Å². The maximum Gasteiger partial charge on any atom is 0.167 e. The Labute approximate surface area is 124 Å². The molecule has 0 radical (unpaired) electrons. The zero-order valence-electron chi connectivity index (χ0n) is 12.5. The first kappa shape index (κ1) is 15.3. The van der Waals surface area contributed by atoms with Gasteiger partial charge in [0, 0.05) is 17.7 Å². The highest BCUT2D eigenvalue weighted by molar-refractivity contribution is 5.42. The smallest absolute Gasteiger partial charge is 0.167 e. The van der Waals surface area contributed by atoms with Gasteiger partial charge in [0.15, 0.2) is 11.6 Å². The molecule has 1 unspecified atom stereocenters. The van der Waals surface area contributed by atoms with Crippen molar-refractivity contribution in [3.63, 3.8) is 0 Å². The monoisotopic (exact) mass is 289 g/mol. The van der Waals surface area contributed by atoms with E-state index in [2.05, 4.69) is 5.32 Å². The Hall–Kier alpha value is -2.07. The van der Waals surface area contributed by atoms with Gasteiger partial charge in [-0.25, -0.2) is 4.39 Å². The minimum Gasteiger partial charge on any atom is -0.494 e. The Morgan fingerprint density at radius 3 is 2.57 bits per heavy atom. The molecule has 3 nitrogen and oxygen atoms in total. The van der Waals surface area contributed by atoms with Crippen molar-refractivity contribution < 1.29 is 13.9 Å². The second-order valence-corrected chi connectivity index (χ2v) is 4.68. The quantitative estimate of drug-likeness (QED) is 0.860. The number of halogens is 1. The van der Waals surface area contributed by atoms with E-state index in [0.717, 1.165) is 5.56 Å². The van der Waals surface area contributed by atoms with Gasteiger partial charge in [0.05, 0.1) is 6.61 Å². The van der Waals surface area contributed by atoms with Gasteiger partial charge >= 0.3 is 0 Å². The van der Waals surface area contributed by atoms with E-state index >= 15 is 0 Å². The number of ether oxygens (including phenoxy) is 2. The number of para-hydroxylation sites is 1. The van der Waals surface area contributed by atoms with E-state index in [9.17, 15) is 4.39 Å². The van der Waals surface area contributed by atoms with E-state index in [0.29, 0.717) is 18.1 Å². The molecule has 0 spiro atoms. The highest BCUT2D eigenvalue weighted by atomic mass is 19.1. The Morgan fingerprint density at radius 2 is 1.86 bits per heavy atom. The first-order valence-electron chi connectivity index (χ1n) is 7.02. The summed E-state index contributed by atoms with van der Waals surface area (Å²) in [7, 11) is 1.83. The molecule has 0 saturated carbocycles. The summed E-state index contributed by atoms with van der Waals surface area (Å²) in [6, 6.07) is 12.1. The van der Waals surface area contributed by atoms with Crippen molar-refractivity contribution in [2.24, 2.45) is 0 Å². The van der Waals surface area contributed by atoms with Crippen LogP contribution in [0, 0.1) is 5.82 Å². The molecular formula is C17H20FNO2. The third kappa shape index (κ3) is 3.73. The zero-order valence-corrected chi connectivity index (χ0v) is 12.5. The first-order chi connectivity index (χ1) is 10.2. The molecule has 21 heavy (non-hydrogen) atoms. The van der Waals surface area contributed by atoms with Gasteiger partial charge in [-0.2, -0.15) is 0 Å². The number of hydrogen-bond donors (Lipinski definition) is 1. The van der Waals surface area contributed by atoms with Crippen LogP contribution in [0.5, 0.6) is 17.2 Å². The van der Waals surface area contributed by atoms with Gasteiger partial charge in [-0.1, -0.05) is 18.2 Å². The van der Waals surface area contributed by atoms with E-state index in [4.69, 9.17) is 9.47 Å². The average molecular weight is 289 g/mol. The lowest BCUT2D eigenvalue weighted by Gasteiger charge is -2.17. The molecule has 0 fully saturated rings. The molecule has 2 aromatic carbocycles. The fraction of sp³-hybridized carbons (Fsp3) is 0.294. The summed E-state index contributed by atoms with van der Waals surface area (Å²) < 4.78 is 25.3. The lowest BCUT2D eigenvalue weighted by Crippen LogP contribution is -2.13. The third-order valence-corrected chi connectivity index (χ3v) is 3.23. The van der Waals surface area contributed by atoms with Crippen LogP contribution in [0.3, 0.4) is 0 Å². The molecule has 0 aliphatic heterocycles. The van der Waals surface area contributed by atoms with Crippen LogP contribution in [0.25, 0.3) is 0 Å². The molecular weight excluding hydrogens is 269 g/mol. The van der Waals surface area contributed by atoms with Crippen LogP contribution in [0.15, 0.2) is 42.5 Å². The van der Waals surface area contributed by atoms with E-state index < -0.39 is 0 Å². The fourth-order valence-corrected chi connectivity index (χ4v) is 2.04. The van der Waals surface area contributed by atoms with Crippen LogP contribution in [-0.2, 0) is 0 Å². The maximum atomic E-state index is 14.1. The van der Waals surface area contributed by atoms with Crippen molar-refractivity contribution in [1.82, 2.24) is 5.32 Å². The minimum absolute atomic E-state index is 0.00854. The van der Waals surface area contributed by atoms with Gasteiger partial charge in [-0.05, 0) is 39.1 Å². The molecule has 2 aromatic rings. The normalized spacial score (nSPS) is 12.0. The van der Waals surface area contributed by atoms with Crippen molar-refractivity contribution in [2.75, 3.05) is 13.7 Å². The lowest BCUT2D eigenvalue weighted by molar-refractivity contribution is 0.337. The first-order valence-corrected chi connectivity index (χ1v) is 7.02. The summed E-state index contributed by atoms with van der Waals surface area (Å²) in [6.45, 7) is 4.44. The van der Waals surface area contributed by atoms with Crippen LogP contribution in [0.4, 0.5) is 4.39 Å². The summed E-state index contributed by atoms with van der Waals surface area (Å²) in [5, 5.41) is 3.09. The van der Waals surface area contributed by atoms with Gasteiger partial charge in [-0.3, -0.25) is 0 Å². The molecule has 1 N–H and O–H groups in total. The fourth-order valence-electron chi connectivity index (χ4n) is 2.04. The summed E-state index contributed by atoms with van der Waals surface area (Å²) in [6.07, 6.45) is 0. The second kappa shape index (κ2) is 7.09. The van der Waals surface area contributed by atoms with Crippen molar-refractivity contribution >= 4 is 0 Å².